The number of ketones is 2. The highest BCUT2D eigenvalue weighted by Crippen LogP contribution is 2.46. The number of carbonyl (C=O) groups is 3. The van der Waals surface area contributed by atoms with E-state index in [2.05, 4.69) is 0 Å². The monoisotopic (exact) mass is 208 g/mol. The maximum atomic E-state index is 11.5. The quantitative estimate of drug-likeness (QED) is 0.313. The lowest BCUT2D eigenvalue weighted by Gasteiger charge is -2.43. The van der Waals surface area contributed by atoms with E-state index in [-0.39, 0.29) is 18.0 Å². The number of ether oxygens (including phenoxy) is 1. The summed E-state index contributed by atoms with van der Waals surface area (Å²) in [5, 5.41) is 10.0. The summed E-state index contributed by atoms with van der Waals surface area (Å²) < 4.78 is 4.87. The molecule has 2 aliphatic heterocycles. The van der Waals surface area contributed by atoms with Crippen molar-refractivity contribution >= 4 is 17.5 Å². The lowest BCUT2D eigenvalue weighted by Crippen LogP contribution is -2.60. The SMILES string of the molecule is O=C1CC(=O)[C@H]2[C@@H]1[C@@H]1C=C[C@@]2(O)C(=O)O1. The molecule has 0 aromatic rings. The molecule has 5 nitrogen and oxygen atoms in total. The smallest absolute Gasteiger partial charge is 0.343 e. The zero-order valence-electron chi connectivity index (χ0n) is 7.67. The molecular formula is C10H8O5. The van der Waals surface area contributed by atoms with Crippen molar-refractivity contribution in [3.05, 3.63) is 12.2 Å². The molecular weight excluding hydrogens is 200 g/mol. The molecule has 0 radical (unpaired) electrons. The topological polar surface area (TPSA) is 80.7 Å². The van der Waals surface area contributed by atoms with E-state index in [1.54, 1.807) is 0 Å². The molecule has 15 heavy (non-hydrogen) atoms. The van der Waals surface area contributed by atoms with Crippen LogP contribution in [0.5, 0.6) is 0 Å². The second kappa shape index (κ2) is 2.36. The minimum atomic E-state index is -1.91. The minimum absolute atomic E-state index is 0.202. The number of esters is 1. The second-order valence-corrected chi connectivity index (χ2v) is 4.17. The first-order chi connectivity index (χ1) is 7.04. The van der Waals surface area contributed by atoms with Crippen LogP contribution in [-0.4, -0.2) is 34.3 Å². The van der Waals surface area contributed by atoms with Gasteiger partial charge in [0.05, 0.1) is 18.3 Å². The van der Waals surface area contributed by atoms with E-state index in [0.717, 1.165) is 0 Å². The zero-order chi connectivity index (χ0) is 10.8. The first kappa shape index (κ1) is 8.79. The fourth-order valence-electron chi connectivity index (χ4n) is 2.67. The number of rotatable bonds is 0. The van der Waals surface area contributed by atoms with Crippen LogP contribution in [0.3, 0.4) is 0 Å². The molecule has 78 valence electrons. The normalized spacial score (nSPS) is 47.0. The van der Waals surface area contributed by atoms with Gasteiger partial charge in [-0.15, -0.1) is 0 Å². The molecule has 1 N–H and O–H groups in total. The second-order valence-electron chi connectivity index (χ2n) is 4.17. The van der Waals surface area contributed by atoms with Crippen LogP contribution in [-0.2, 0) is 19.1 Å². The van der Waals surface area contributed by atoms with Gasteiger partial charge in [0.25, 0.3) is 0 Å². The van der Waals surface area contributed by atoms with Crippen molar-refractivity contribution < 1.29 is 24.2 Å². The predicted molar refractivity (Wildman–Crippen MR) is 45.6 cm³/mol. The van der Waals surface area contributed by atoms with Crippen LogP contribution in [0, 0.1) is 11.8 Å². The number of carbonyl (C=O) groups excluding carboxylic acids is 3. The van der Waals surface area contributed by atoms with Gasteiger partial charge in [0.2, 0.25) is 0 Å². The average molecular weight is 208 g/mol. The van der Waals surface area contributed by atoms with Crippen molar-refractivity contribution in [3.8, 4) is 0 Å². The van der Waals surface area contributed by atoms with Crippen LogP contribution in [0.4, 0.5) is 0 Å². The summed E-state index contributed by atoms with van der Waals surface area (Å²) in [6.07, 6.45) is 1.89. The molecule has 0 aromatic heterocycles. The molecule has 4 aliphatic rings. The van der Waals surface area contributed by atoms with E-state index in [0.29, 0.717) is 0 Å². The van der Waals surface area contributed by atoms with Gasteiger partial charge in [-0.25, -0.2) is 4.79 Å². The van der Waals surface area contributed by atoms with Gasteiger partial charge in [-0.2, -0.15) is 0 Å². The summed E-state index contributed by atoms with van der Waals surface area (Å²) in [7, 11) is 0. The van der Waals surface area contributed by atoms with E-state index in [1.807, 2.05) is 0 Å². The number of fused-ring (bicyclic) bond motifs is 1. The van der Waals surface area contributed by atoms with Crippen LogP contribution in [0.2, 0.25) is 0 Å². The van der Waals surface area contributed by atoms with E-state index >= 15 is 0 Å². The molecule has 4 rings (SSSR count). The van der Waals surface area contributed by atoms with Gasteiger partial charge in [-0.1, -0.05) is 0 Å². The Morgan fingerprint density at radius 1 is 1.33 bits per heavy atom. The molecule has 0 unspecified atom stereocenters. The molecule has 0 amide bonds. The Balaban J connectivity index is 2.18. The molecule has 5 heteroatoms. The third kappa shape index (κ3) is 0.842. The van der Waals surface area contributed by atoms with Crippen molar-refractivity contribution in [2.75, 3.05) is 0 Å². The van der Waals surface area contributed by atoms with E-state index < -0.39 is 29.5 Å². The lowest BCUT2D eigenvalue weighted by atomic mass is 9.70. The first-order valence-corrected chi connectivity index (χ1v) is 4.72. The molecule has 2 fully saturated rings. The zero-order valence-corrected chi connectivity index (χ0v) is 7.67. The summed E-state index contributed by atoms with van der Waals surface area (Å²) >= 11 is 0. The van der Waals surface area contributed by atoms with Crippen LogP contribution in [0.25, 0.3) is 0 Å². The van der Waals surface area contributed by atoms with E-state index in [4.69, 9.17) is 4.74 Å². The Hall–Kier alpha value is -1.49. The number of hydrogen-bond acceptors (Lipinski definition) is 5. The summed E-state index contributed by atoms with van der Waals surface area (Å²) in [5.41, 5.74) is -1.91. The molecule has 0 aromatic carbocycles. The number of aliphatic hydroxyl groups is 1. The summed E-state index contributed by atoms with van der Waals surface area (Å²) in [6.45, 7) is 0. The molecule has 0 spiro atoms. The van der Waals surface area contributed by atoms with Crippen LogP contribution in [0.15, 0.2) is 12.2 Å². The molecule has 2 bridgehead atoms. The van der Waals surface area contributed by atoms with E-state index in [1.165, 1.54) is 12.2 Å². The Kier molecular flexibility index (Phi) is 1.38. The predicted octanol–water partition coefficient (Wildman–Crippen LogP) is -1.01. The standard InChI is InChI=1S/C10H8O5/c11-4-3-5(12)8-7(4)6-1-2-10(8,14)9(13)15-6/h1-2,6-8,14H,3H2/t6-,7-,8-,10-/m0/s1. The van der Waals surface area contributed by atoms with Gasteiger partial charge in [-0.05, 0) is 12.2 Å². The highest BCUT2D eigenvalue weighted by Gasteiger charge is 2.64. The van der Waals surface area contributed by atoms with Gasteiger partial charge < -0.3 is 9.84 Å². The van der Waals surface area contributed by atoms with Gasteiger partial charge in [0.1, 0.15) is 17.7 Å². The Morgan fingerprint density at radius 2 is 2.07 bits per heavy atom. The van der Waals surface area contributed by atoms with Crippen molar-refractivity contribution in [1.29, 1.82) is 0 Å². The van der Waals surface area contributed by atoms with E-state index in [9.17, 15) is 19.5 Å². The highest BCUT2D eigenvalue weighted by atomic mass is 16.6. The van der Waals surface area contributed by atoms with Crippen LogP contribution < -0.4 is 0 Å². The van der Waals surface area contributed by atoms with Crippen LogP contribution >= 0.6 is 0 Å². The molecule has 2 aliphatic carbocycles. The fraction of sp³-hybridized carbons (Fsp3) is 0.500. The average Bonchev–Trinajstić information content (AvgIpc) is 2.47. The lowest BCUT2D eigenvalue weighted by molar-refractivity contribution is -0.192. The summed E-state index contributed by atoms with van der Waals surface area (Å²) in [5.74, 6) is -3.03. The Labute approximate surface area is 84.7 Å². The third-order valence-corrected chi connectivity index (χ3v) is 3.36. The van der Waals surface area contributed by atoms with Gasteiger partial charge in [0, 0.05) is 0 Å². The fourth-order valence-corrected chi connectivity index (χ4v) is 2.67. The Morgan fingerprint density at radius 3 is 2.73 bits per heavy atom. The largest absolute Gasteiger partial charge is 0.455 e. The van der Waals surface area contributed by atoms with Crippen molar-refractivity contribution in [1.82, 2.24) is 0 Å². The van der Waals surface area contributed by atoms with Crippen molar-refractivity contribution in [3.63, 3.8) is 0 Å². The summed E-state index contributed by atoms with van der Waals surface area (Å²) in [4.78, 5) is 34.4. The molecule has 1 saturated carbocycles. The van der Waals surface area contributed by atoms with Crippen molar-refractivity contribution in [2.24, 2.45) is 11.8 Å². The third-order valence-electron chi connectivity index (χ3n) is 3.36. The number of Topliss-reactive ketones (excluding diaryl/α,β-unsaturated/α-hetero) is 2. The van der Waals surface area contributed by atoms with Gasteiger partial charge >= 0.3 is 5.97 Å². The Bertz CT molecular complexity index is 424. The highest BCUT2D eigenvalue weighted by molar-refractivity contribution is 6.13. The molecule has 1 saturated heterocycles. The molecule has 4 atom stereocenters. The molecule has 2 heterocycles. The van der Waals surface area contributed by atoms with Gasteiger partial charge in [-0.3, -0.25) is 9.59 Å². The number of hydrogen-bond donors (Lipinski definition) is 1. The summed E-state index contributed by atoms with van der Waals surface area (Å²) in [6, 6.07) is 0. The van der Waals surface area contributed by atoms with Crippen LogP contribution in [0.1, 0.15) is 6.42 Å². The minimum Gasteiger partial charge on any atom is -0.455 e. The maximum Gasteiger partial charge on any atom is 0.343 e. The van der Waals surface area contributed by atoms with Crippen molar-refractivity contribution in [2.45, 2.75) is 18.1 Å². The van der Waals surface area contributed by atoms with Gasteiger partial charge in [0.15, 0.2) is 5.60 Å². The maximum absolute atomic E-state index is 11.5. The first-order valence-electron chi connectivity index (χ1n) is 4.72.